The number of rotatable bonds is 1. The third-order valence-electron chi connectivity index (χ3n) is 1.48. The first kappa shape index (κ1) is 11.2. The third kappa shape index (κ3) is 2.36. The van der Waals surface area contributed by atoms with Gasteiger partial charge in [0, 0.05) is 17.7 Å². The average Bonchev–Trinajstić information content (AvgIpc) is 1.85. The molecular formula is C8H11ClFNO. The number of halogens is 2. The Kier molecular flexibility index (Phi) is 4.00. The van der Waals surface area contributed by atoms with Crippen LogP contribution in [0, 0.1) is 5.82 Å². The van der Waals surface area contributed by atoms with Gasteiger partial charge in [-0.1, -0.05) is 6.07 Å². The zero-order chi connectivity index (χ0) is 8.43. The van der Waals surface area contributed by atoms with Crippen molar-refractivity contribution < 1.29 is 9.50 Å². The van der Waals surface area contributed by atoms with Crippen LogP contribution in [0.1, 0.15) is 18.5 Å². The van der Waals surface area contributed by atoms with Gasteiger partial charge in [-0.25, -0.2) is 4.39 Å². The van der Waals surface area contributed by atoms with E-state index in [0.29, 0.717) is 5.56 Å². The van der Waals surface area contributed by atoms with Crippen LogP contribution in [0.15, 0.2) is 18.2 Å². The molecule has 0 bridgehead atoms. The molecule has 0 aliphatic carbocycles. The zero-order valence-corrected chi connectivity index (χ0v) is 7.44. The highest BCUT2D eigenvalue weighted by atomic mass is 35.5. The van der Waals surface area contributed by atoms with Crippen molar-refractivity contribution >= 4 is 12.4 Å². The number of hydrogen-bond acceptors (Lipinski definition) is 2. The molecule has 0 fully saturated rings. The summed E-state index contributed by atoms with van der Waals surface area (Å²) in [5.74, 6) is -0.535. The molecule has 1 rings (SSSR count). The van der Waals surface area contributed by atoms with Gasteiger partial charge in [-0.2, -0.15) is 0 Å². The summed E-state index contributed by atoms with van der Waals surface area (Å²) in [6, 6.07) is 3.54. The first-order valence-electron chi connectivity index (χ1n) is 3.35. The Hall–Kier alpha value is -0.800. The van der Waals surface area contributed by atoms with Crippen LogP contribution in [-0.2, 0) is 0 Å². The third-order valence-corrected chi connectivity index (χ3v) is 1.48. The van der Waals surface area contributed by atoms with Crippen LogP contribution in [0.3, 0.4) is 0 Å². The summed E-state index contributed by atoms with van der Waals surface area (Å²) in [5, 5.41) is 9.14. The maximum absolute atomic E-state index is 12.4. The molecule has 1 atom stereocenters. The molecule has 4 heteroatoms. The van der Waals surface area contributed by atoms with E-state index >= 15 is 0 Å². The fourth-order valence-corrected chi connectivity index (χ4v) is 0.902. The minimum Gasteiger partial charge on any atom is -0.508 e. The summed E-state index contributed by atoms with van der Waals surface area (Å²) in [7, 11) is 0. The van der Waals surface area contributed by atoms with E-state index in [0.717, 1.165) is 6.07 Å². The zero-order valence-electron chi connectivity index (χ0n) is 6.62. The fourth-order valence-electron chi connectivity index (χ4n) is 0.902. The average molecular weight is 192 g/mol. The van der Waals surface area contributed by atoms with Crippen molar-refractivity contribution in [1.82, 2.24) is 0 Å². The Morgan fingerprint density at radius 1 is 1.50 bits per heavy atom. The Bertz CT molecular complexity index is 265. The van der Waals surface area contributed by atoms with Crippen molar-refractivity contribution in [2.45, 2.75) is 13.0 Å². The van der Waals surface area contributed by atoms with Gasteiger partial charge in [-0.05, 0) is 13.0 Å². The van der Waals surface area contributed by atoms with Crippen LogP contribution < -0.4 is 5.73 Å². The number of hydrogen-bond donors (Lipinski definition) is 2. The minimum atomic E-state index is -0.452. The Balaban J connectivity index is 0.00000121. The topological polar surface area (TPSA) is 46.2 Å². The SMILES string of the molecule is C[C@@H](N)c1ccc(F)cc1O.Cl. The van der Waals surface area contributed by atoms with Crippen molar-refractivity contribution in [2.24, 2.45) is 5.73 Å². The number of phenolic OH excluding ortho intramolecular Hbond substituents is 1. The maximum Gasteiger partial charge on any atom is 0.126 e. The quantitative estimate of drug-likeness (QED) is 0.713. The van der Waals surface area contributed by atoms with Gasteiger partial charge in [0.25, 0.3) is 0 Å². The van der Waals surface area contributed by atoms with Gasteiger partial charge in [0.1, 0.15) is 11.6 Å². The lowest BCUT2D eigenvalue weighted by Crippen LogP contribution is -2.04. The molecule has 0 aromatic heterocycles. The number of phenols is 1. The summed E-state index contributed by atoms with van der Waals surface area (Å²) in [4.78, 5) is 0. The van der Waals surface area contributed by atoms with E-state index in [1.165, 1.54) is 12.1 Å². The van der Waals surface area contributed by atoms with Crippen molar-refractivity contribution in [3.05, 3.63) is 29.6 Å². The molecule has 0 aliphatic heterocycles. The van der Waals surface area contributed by atoms with Gasteiger partial charge >= 0.3 is 0 Å². The molecule has 3 N–H and O–H groups in total. The molecular weight excluding hydrogens is 181 g/mol. The largest absolute Gasteiger partial charge is 0.508 e. The molecule has 0 saturated carbocycles. The number of aromatic hydroxyl groups is 1. The highest BCUT2D eigenvalue weighted by molar-refractivity contribution is 5.85. The first-order chi connectivity index (χ1) is 5.11. The molecule has 1 aromatic carbocycles. The summed E-state index contributed by atoms with van der Waals surface area (Å²) in [5.41, 5.74) is 6.04. The fraction of sp³-hybridized carbons (Fsp3) is 0.250. The smallest absolute Gasteiger partial charge is 0.126 e. The molecule has 2 nitrogen and oxygen atoms in total. The highest BCUT2D eigenvalue weighted by Crippen LogP contribution is 2.22. The molecule has 0 unspecified atom stereocenters. The number of benzene rings is 1. The second-order valence-electron chi connectivity index (χ2n) is 2.49. The van der Waals surface area contributed by atoms with Crippen molar-refractivity contribution in [1.29, 1.82) is 0 Å². The molecule has 0 heterocycles. The van der Waals surface area contributed by atoms with Gasteiger partial charge < -0.3 is 10.8 Å². The van der Waals surface area contributed by atoms with Crippen LogP contribution in [0.4, 0.5) is 4.39 Å². The van der Waals surface area contributed by atoms with Crippen molar-refractivity contribution in [3.8, 4) is 5.75 Å². The molecule has 0 aliphatic rings. The monoisotopic (exact) mass is 191 g/mol. The lowest BCUT2D eigenvalue weighted by atomic mass is 10.1. The van der Waals surface area contributed by atoms with Crippen molar-refractivity contribution in [3.63, 3.8) is 0 Å². The van der Waals surface area contributed by atoms with Crippen molar-refractivity contribution in [2.75, 3.05) is 0 Å². The molecule has 12 heavy (non-hydrogen) atoms. The standard InChI is InChI=1S/C8H10FNO.ClH/c1-5(10)7-3-2-6(9)4-8(7)11;/h2-5,11H,10H2,1H3;1H/t5-;/m1./s1. The molecule has 1 aromatic rings. The van der Waals surface area contributed by atoms with E-state index < -0.39 is 5.82 Å². The van der Waals surface area contributed by atoms with Gasteiger partial charge in [0.05, 0.1) is 0 Å². The van der Waals surface area contributed by atoms with Crippen LogP contribution >= 0.6 is 12.4 Å². The predicted octanol–water partition coefficient (Wildman–Crippen LogP) is 1.97. The molecule has 0 spiro atoms. The minimum absolute atomic E-state index is 0. The summed E-state index contributed by atoms with van der Waals surface area (Å²) >= 11 is 0. The van der Waals surface area contributed by atoms with E-state index in [-0.39, 0.29) is 24.2 Å². The van der Waals surface area contributed by atoms with E-state index in [9.17, 15) is 4.39 Å². The molecule has 0 saturated heterocycles. The first-order valence-corrected chi connectivity index (χ1v) is 3.35. The Morgan fingerprint density at radius 3 is 2.50 bits per heavy atom. The Labute approximate surface area is 76.6 Å². The van der Waals surface area contributed by atoms with Gasteiger partial charge in [-0.15, -0.1) is 12.4 Å². The van der Waals surface area contributed by atoms with E-state index in [1.807, 2.05) is 0 Å². The normalized spacial score (nSPS) is 11.9. The second-order valence-corrected chi connectivity index (χ2v) is 2.49. The molecule has 0 amide bonds. The van der Waals surface area contributed by atoms with E-state index in [1.54, 1.807) is 6.92 Å². The maximum atomic E-state index is 12.4. The summed E-state index contributed by atoms with van der Waals surface area (Å²) in [6.07, 6.45) is 0. The van der Waals surface area contributed by atoms with Crippen LogP contribution in [0.5, 0.6) is 5.75 Å². The van der Waals surface area contributed by atoms with Crippen LogP contribution in [0.25, 0.3) is 0 Å². The summed E-state index contributed by atoms with van der Waals surface area (Å²) < 4.78 is 12.4. The van der Waals surface area contributed by atoms with Crippen LogP contribution in [0.2, 0.25) is 0 Å². The molecule has 0 radical (unpaired) electrons. The van der Waals surface area contributed by atoms with E-state index in [2.05, 4.69) is 0 Å². The van der Waals surface area contributed by atoms with E-state index in [4.69, 9.17) is 10.8 Å². The van der Waals surface area contributed by atoms with Gasteiger partial charge in [0.2, 0.25) is 0 Å². The lowest BCUT2D eigenvalue weighted by molar-refractivity contribution is 0.457. The molecule has 68 valence electrons. The lowest BCUT2D eigenvalue weighted by Gasteiger charge is -2.06. The highest BCUT2D eigenvalue weighted by Gasteiger charge is 2.05. The predicted molar refractivity (Wildman–Crippen MR) is 47.9 cm³/mol. The number of nitrogens with two attached hydrogens (primary N) is 1. The Morgan fingerprint density at radius 2 is 2.08 bits per heavy atom. The van der Waals surface area contributed by atoms with Gasteiger partial charge in [0.15, 0.2) is 0 Å². The van der Waals surface area contributed by atoms with Crippen LogP contribution in [-0.4, -0.2) is 5.11 Å². The second kappa shape index (κ2) is 4.28. The van der Waals surface area contributed by atoms with Gasteiger partial charge in [-0.3, -0.25) is 0 Å². The summed E-state index contributed by atoms with van der Waals surface area (Å²) in [6.45, 7) is 1.73.